The third kappa shape index (κ3) is 4.44. The number of aryl methyl sites for hydroxylation is 1. The molecule has 7 heteroatoms. The predicted octanol–water partition coefficient (Wildman–Crippen LogP) is 3.78. The molecule has 3 aromatic rings. The highest BCUT2D eigenvalue weighted by Crippen LogP contribution is 2.34. The van der Waals surface area contributed by atoms with Gasteiger partial charge in [-0.3, -0.25) is 19.6 Å². The quantitative estimate of drug-likeness (QED) is 0.606. The van der Waals surface area contributed by atoms with Gasteiger partial charge in [0.25, 0.3) is 5.91 Å². The molecule has 0 bridgehead atoms. The van der Waals surface area contributed by atoms with Gasteiger partial charge in [-0.2, -0.15) is 0 Å². The number of hydrogen-bond donors (Lipinski definition) is 2. The van der Waals surface area contributed by atoms with E-state index in [9.17, 15) is 9.59 Å². The van der Waals surface area contributed by atoms with Crippen molar-refractivity contribution in [2.45, 2.75) is 44.6 Å². The Morgan fingerprint density at radius 2 is 1.91 bits per heavy atom. The smallest absolute Gasteiger partial charge is 0.252 e. The lowest BCUT2D eigenvalue weighted by atomic mass is 10.1. The predicted molar refractivity (Wildman–Crippen MR) is 127 cm³/mol. The molecule has 1 aliphatic carbocycles. The minimum Gasteiger partial charge on any atom is -0.377 e. The van der Waals surface area contributed by atoms with Crippen LogP contribution < -0.4 is 16.0 Å². The van der Waals surface area contributed by atoms with Crippen LogP contribution in [-0.2, 0) is 17.6 Å². The maximum Gasteiger partial charge on any atom is 0.252 e. The fraction of sp³-hybridized carbons (Fsp3) is 0.308. The van der Waals surface area contributed by atoms with Crippen LogP contribution in [0.25, 0.3) is 0 Å². The molecule has 3 heterocycles. The van der Waals surface area contributed by atoms with Crippen LogP contribution in [0, 0.1) is 0 Å². The third-order valence-electron chi connectivity index (χ3n) is 6.50. The summed E-state index contributed by atoms with van der Waals surface area (Å²) in [6.07, 6.45) is 8.36. The van der Waals surface area contributed by atoms with E-state index in [4.69, 9.17) is 5.73 Å². The zero-order valence-corrected chi connectivity index (χ0v) is 18.5. The van der Waals surface area contributed by atoms with Gasteiger partial charge in [0.05, 0.1) is 29.2 Å². The van der Waals surface area contributed by atoms with Crippen molar-refractivity contribution in [3.63, 3.8) is 0 Å². The topological polar surface area (TPSA) is 101 Å². The van der Waals surface area contributed by atoms with Crippen LogP contribution in [0.3, 0.4) is 0 Å². The number of primary amides is 1. The summed E-state index contributed by atoms with van der Waals surface area (Å²) in [7, 11) is 0. The molecule has 0 saturated carbocycles. The molecule has 3 N–H and O–H groups in total. The van der Waals surface area contributed by atoms with Gasteiger partial charge >= 0.3 is 0 Å². The average molecular weight is 442 g/mol. The van der Waals surface area contributed by atoms with E-state index in [0.29, 0.717) is 24.1 Å². The molecule has 5 rings (SSSR count). The molecule has 33 heavy (non-hydrogen) atoms. The van der Waals surface area contributed by atoms with Crippen molar-refractivity contribution in [2.75, 3.05) is 16.8 Å². The lowest BCUT2D eigenvalue weighted by Gasteiger charge is -2.26. The molecule has 1 atom stereocenters. The van der Waals surface area contributed by atoms with Crippen molar-refractivity contribution < 1.29 is 9.59 Å². The number of amides is 2. The first kappa shape index (κ1) is 21.1. The van der Waals surface area contributed by atoms with E-state index in [2.05, 4.69) is 33.5 Å². The largest absolute Gasteiger partial charge is 0.377 e. The average Bonchev–Trinajstić information content (AvgIpc) is 3.23. The van der Waals surface area contributed by atoms with Gasteiger partial charge in [0.15, 0.2) is 0 Å². The summed E-state index contributed by atoms with van der Waals surface area (Å²) in [5.41, 5.74) is 11.8. The number of nitrogens with two attached hydrogens (primary N) is 1. The van der Waals surface area contributed by atoms with E-state index in [1.807, 2.05) is 29.2 Å². The summed E-state index contributed by atoms with van der Waals surface area (Å²) in [5, 5.41) is 3.52. The molecule has 1 saturated heterocycles. The molecule has 2 aromatic heterocycles. The summed E-state index contributed by atoms with van der Waals surface area (Å²) in [6, 6.07) is 14.3. The van der Waals surface area contributed by atoms with E-state index in [-0.39, 0.29) is 11.9 Å². The molecular formula is C26H27N5O2. The Morgan fingerprint density at radius 1 is 1.06 bits per heavy atom. The number of pyridine rings is 2. The van der Waals surface area contributed by atoms with E-state index < -0.39 is 5.91 Å². The van der Waals surface area contributed by atoms with Gasteiger partial charge in [-0.25, -0.2) is 0 Å². The first-order valence-corrected chi connectivity index (χ1v) is 11.5. The molecule has 1 aromatic carbocycles. The standard InChI is InChI=1S/C26H27N5O2/c27-26(33)22-16-29-19(14-24(22)30-23-11-8-17-5-1-2-6-21(17)23)13-18-9-10-20(15-28-18)31-12-4-3-7-25(31)32/h1-2,5-6,9-10,14-16,23H,3-4,7-8,11-13H2,(H2,27,33)(H,29,30). The lowest BCUT2D eigenvalue weighted by Crippen LogP contribution is -2.35. The van der Waals surface area contributed by atoms with Crippen molar-refractivity contribution in [1.29, 1.82) is 0 Å². The van der Waals surface area contributed by atoms with Gasteiger partial charge in [0.2, 0.25) is 5.91 Å². The Labute approximate surface area is 193 Å². The lowest BCUT2D eigenvalue weighted by molar-refractivity contribution is -0.119. The fourth-order valence-electron chi connectivity index (χ4n) is 4.75. The van der Waals surface area contributed by atoms with Gasteiger partial charge < -0.3 is 16.0 Å². The number of carbonyl (C=O) groups excluding carboxylic acids is 2. The molecule has 2 amide bonds. The van der Waals surface area contributed by atoms with Gasteiger partial charge in [0, 0.05) is 37.0 Å². The molecule has 0 spiro atoms. The monoisotopic (exact) mass is 441 g/mol. The normalized spacial score (nSPS) is 17.6. The number of nitrogens with one attached hydrogen (secondary N) is 1. The van der Waals surface area contributed by atoms with Crippen molar-refractivity contribution in [2.24, 2.45) is 5.73 Å². The Hall–Kier alpha value is -3.74. The highest BCUT2D eigenvalue weighted by molar-refractivity contribution is 5.98. The maximum absolute atomic E-state index is 12.2. The number of benzene rings is 1. The second-order valence-corrected chi connectivity index (χ2v) is 8.71. The fourth-order valence-corrected chi connectivity index (χ4v) is 4.75. The summed E-state index contributed by atoms with van der Waals surface area (Å²) in [4.78, 5) is 35.0. The Bertz CT molecular complexity index is 1190. The first-order chi connectivity index (χ1) is 16.1. The van der Waals surface area contributed by atoms with Crippen LogP contribution in [0.1, 0.15) is 64.6 Å². The highest BCUT2D eigenvalue weighted by Gasteiger charge is 2.24. The van der Waals surface area contributed by atoms with Crippen LogP contribution in [-0.4, -0.2) is 28.3 Å². The molecule has 2 aliphatic rings. The summed E-state index contributed by atoms with van der Waals surface area (Å²) in [5.74, 6) is -0.347. The van der Waals surface area contributed by atoms with E-state index in [1.54, 1.807) is 12.4 Å². The second kappa shape index (κ2) is 9.02. The summed E-state index contributed by atoms with van der Waals surface area (Å²) in [6.45, 7) is 0.745. The maximum atomic E-state index is 12.2. The number of carbonyl (C=O) groups is 2. The van der Waals surface area contributed by atoms with Crippen LogP contribution >= 0.6 is 0 Å². The number of hydrogen-bond acceptors (Lipinski definition) is 5. The summed E-state index contributed by atoms with van der Waals surface area (Å²) >= 11 is 0. The van der Waals surface area contributed by atoms with Crippen molar-refractivity contribution >= 4 is 23.2 Å². The van der Waals surface area contributed by atoms with E-state index >= 15 is 0 Å². The van der Waals surface area contributed by atoms with Crippen molar-refractivity contribution in [3.05, 3.63) is 82.9 Å². The van der Waals surface area contributed by atoms with Gasteiger partial charge in [-0.05, 0) is 55.0 Å². The number of rotatable bonds is 6. The highest BCUT2D eigenvalue weighted by atomic mass is 16.2. The number of nitrogens with zero attached hydrogens (tertiary/aromatic N) is 3. The van der Waals surface area contributed by atoms with E-state index in [1.165, 1.54) is 11.1 Å². The minimum absolute atomic E-state index is 0.133. The van der Waals surface area contributed by atoms with Crippen molar-refractivity contribution in [3.8, 4) is 0 Å². The third-order valence-corrected chi connectivity index (χ3v) is 6.50. The molecule has 7 nitrogen and oxygen atoms in total. The van der Waals surface area contributed by atoms with Gasteiger partial charge in [-0.15, -0.1) is 0 Å². The zero-order chi connectivity index (χ0) is 22.8. The number of piperidine rings is 1. The number of fused-ring (bicyclic) bond motifs is 1. The minimum atomic E-state index is -0.503. The van der Waals surface area contributed by atoms with Gasteiger partial charge in [0.1, 0.15) is 0 Å². The molecule has 1 fully saturated rings. The number of anilines is 2. The van der Waals surface area contributed by atoms with Crippen molar-refractivity contribution in [1.82, 2.24) is 9.97 Å². The Morgan fingerprint density at radius 3 is 2.70 bits per heavy atom. The molecule has 1 aliphatic heterocycles. The van der Waals surface area contributed by atoms with Crippen LogP contribution in [0.5, 0.6) is 0 Å². The SMILES string of the molecule is NC(=O)c1cnc(Cc2ccc(N3CCCCC3=O)cn2)cc1NC1CCc2ccccc21. The molecular weight excluding hydrogens is 414 g/mol. The van der Waals surface area contributed by atoms with Crippen LogP contribution in [0.4, 0.5) is 11.4 Å². The van der Waals surface area contributed by atoms with Crippen LogP contribution in [0.15, 0.2) is 54.9 Å². The molecule has 0 radical (unpaired) electrons. The summed E-state index contributed by atoms with van der Waals surface area (Å²) < 4.78 is 0. The van der Waals surface area contributed by atoms with E-state index in [0.717, 1.165) is 49.3 Å². The molecule has 168 valence electrons. The Kier molecular flexibility index (Phi) is 5.77. The number of aromatic nitrogens is 2. The second-order valence-electron chi connectivity index (χ2n) is 8.71. The zero-order valence-electron chi connectivity index (χ0n) is 18.5. The first-order valence-electron chi connectivity index (χ1n) is 11.5. The van der Waals surface area contributed by atoms with Crippen LogP contribution in [0.2, 0.25) is 0 Å². The molecule has 1 unspecified atom stereocenters. The van der Waals surface area contributed by atoms with Gasteiger partial charge in [-0.1, -0.05) is 24.3 Å². The Balaban J connectivity index is 1.35.